The number of carbonyl (C=O) groups excluding carboxylic acids is 1. The lowest BCUT2D eigenvalue weighted by molar-refractivity contribution is -0.146. The van der Waals surface area contributed by atoms with Crippen molar-refractivity contribution in [2.24, 2.45) is 11.8 Å². The predicted octanol–water partition coefficient (Wildman–Crippen LogP) is 4.86. The Labute approximate surface area is 180 Å². The second kappa shape index (κ2) is 7.59. The third kappa shape index (κ3) is 3.71. The van der Waals surface area contributed by atoms with Crippen LogP contribution < -0.4 is 0 Å². The lowest BCUT2D eigenvalue weighted by Crippen LogP contribution is -2.52. The van der Waals surface area contributed by atoms with Gasteiger partial charge in [0, 0.05) is 34.3 Å². The summed E-state index contributed by atoms with van der Waals surface area (Å²) in [7, 11) is 0. The molecule has 1 saturated heterocycles. The summed E-state index contributed by atoms with van der Waals surface area (Å²) < 4.78 is 29.7. The van der Waals surface area contributed by atoms with Crippen molar-refractivity contribution < 1.29 is 18.7 Å². The summed E-state index contributed by atoms with van der Waals surface area (Å²) in [5.74, 6) is -0.00509. The van der Waals surface area contributed by atoms with Gasteiger partial charge >= 0.3 is 0 Å². The van der Waals surface area contributed by atoms with E-state index in [9.17, 15) is 18.7 Å². The van der Waals surface area contributed by atoms with Gasteiger partial charge in [-0.15, -0.1) is 0 Å². The van der Waals surface area contributed by atoms with Gasteiger partial charge in [0.15, 0.2) is 0 Å². The molecule has 0 bridgehead atoms. The van der Waals surface area contributed by atoms with Gasteiger partial charge in [0.2, 0.25) is 5.91 Å². The summed E-state index contributed by atoms with van der Waals surface area (Å²) in [6, 6.07) is 8.88. The number of aromatic nitrogens is 1. The minimum Gasteiger partial charge on any atom is -0.386 e. The molecule has 1 aromatic heterocycles. The largest absolute Gasteiger partial charge is 0.386 e. The van der Waals surface area contributed by atoms with Crippen LogP contribution in [0.15, 0.2) is 36.4 Å². The Bertz CT molecular complexity index is 1090. The molecule has 1 aliphatic carbocycles. The number of halogens is 2. The highest BCUT2D eigenvalue weighted by Crippen LogP contribution is 2.39. The van der Waals surface area contributed by atoms with Crippen LogP contribution in [0.3, 0.4) is 0 Å². The van der Waals surface area contributed by atoms with E-state index < -0.39 is 5.60 Å². The fourth-order valence-corrected chi connectivity index (χ4v) is 5.43. The third-order valence-electron chi connectivity index (χ3n) is 7.11. The fourth-order valence-electron chi connectivity index (χ4n) is 5.43. The molecule has 1 saturated carbocycles. The van der Waals surface area contributed by atoms with Crippen molar-refractivity contribution in [1.82, 2.24) is 9.47 Å². The maximum absolute atomic E-state index is 13.9. The number of carbonyl (C=O) groups is 1. The Balaban J connectivity index is 1.45. The second-order valence-corrected chi connectivity index (χ2v) is 9.61. The average molecular weight is 427 g/mol. The van der Waals surface area contributed by atoms with Crippen LogP contribution in [0.5, 0.6) is 0 Å². The van der Waals surface area contributed by atoms with Crippen LogP contribution in [0.1, 0.15) is 39.0 Å². The van der Waals surface area contributed by atoms with Gasteiger partial charge in [-0.2, -0.15) is 0 Å². The number of aliphatic hydroxyl groups is 1. The van der Waals surface area contributed by atoms with Crippen molar-refractivity contribution in [3.8, 4) is 0 Å². The van der Waals surface area contributed by atoms with Gasteiger partial charge in [-0.05, 0) is 74.9 Å². The molecule has 2 atom stereocenters. The van der Waals surface area contributed by atoms with Gasteiger partial charge in [-0.3, -0.25) is 4.79 Å². The first-order valence-corrected chi connectivity index (χ1v) is 11.2. The lowest BCUT2D eigenvalue weighted by Gasteiger charge is -2.42. The van der Waals surface area contributed by atoms with Crippen LogP contribution in [0.4, 0.5) is 8.78 Å². The molecule has 2 unspecified atom stereocenters. The van der Waals surface area contributed by atoms with Crippen LogP contribution >= 0.6 is 0 Å². The summed E-state index contributed by atoms with van der Waals surface area (Å²) >= 11 is 0. The topological polar surface area (TPSA) is 45.5 Å². The summed E-state index contributed by atoms with van der Waals surface area (Å²) in [5, 5.41) is 12.5. The van der Waals surface area contributed by atoms with E-state index in [4.69, 9.17) is 0 Å². The Morgan fingerprint density at radius 1 is 0.968 bits per heavy atom. The molecule has 0 radical (unpaired) electrons. The van der Waals surface area contributed by atoms with Gasteiger partial charge in [0.1, 0.15) is 11.6 Å². The average Bonchev–Trinajstić information content (AvgIpc) is 2.95. The van der Waals surface area contributed by atoms with Crippen molar-refractivity contribution in [1.29, 1.82) is 0 Å². The molecule has 3 aromatic rings. The molecule has 2 fully saturated rings. The smallest absolute Gasteiger partial charge is 0.226 e. The Morgan fingerprint density at radius 3 is 2.13 bits per heavy atom. The van der Waals surface area contributed by atoms with Crippen molar-refractivity contribution >= 4 is 27.7 Å². The van der Waals surface area contributed by atoms with Crippen LogP contribution in [0.25, 0.3) is 21.8 Å². The van der Waals surface area contributed by atoms with E-state index in [-0.39, 0.29) is 36.5 Å². The summed E-state index contributed by atoms with van der Waals surface area (Å²) in [4.78, 5) is 14.9. The zero-order valence-electron chi connectivity index (χ0n) is 17.8. The SMILES string of the molecule is CC(O)(CN1CCCC(C2CCC2)C1=O)Cn1c2ccc(F)cc2c2cc(F)ccc21. The number of fused-ring (bicyclic) bond motifs is 3. The van der Waals surface area contributed by atoms with E-state index in [0.29, 0.717) is 23.2 Å². The zero-order chi connectivity index (χ0) is 21.8. The fraction of sp³-hybridized carbons (Fsp3) is 0.480. The first kappa shape index (κ1) is 20.4. The van der Waals surface area contributed by atoms with E-state index in [1.165, 1.54) is 30.7 Å². The number of amides is 1. The van der Waals surface area contributed by atoms with Crippen molar-refractivity contribution in [2.45, 2.75) is 51.2 Å². The molecule has 164 valence electrons. The number of likely N-dealkylation sites (tertiary alicyclic amines) is 1. The van der Waals surface area contributed by atoms with E-state index in [1.54, 1.807) is 19.1 Å². The monoisotopic (exact) mass is 426 g/mol. The number of rotatable bonds is 5. The van der Waals surface area contributed by atoms with Gasteiger partial charge in [0.25, 0.3) is 0 Å². The maximum Gasteiger partial charge on any atom is 0.226 e. The number of nitrogens with zero attached hydrogens (tertiary/aromatic N) is 2. The third-order valence-corrected chi connectivity index (χ3v) is 7.11. The highest BCUT2D eigenvalue weighted by atomic mass is 19.1. The first-order valence-electron chi connectivity index (χ1n) is 11.2. The van der Waals surface area contributed by atoms with Gasteiger partial charge in [-0.1, -0.05) is 6.42 Å². The molecule has 1 amide bonds. The molecular weight excluding hydrogens is 398 g/mol. The molecule has 2 aliphatic rings. The molecule has 5 rings (SSSR count). The highest BCUT2D eigenvalue weighted by molar-refractivity contribution is 6.08. The molecular formula is C25H28F2N2O2. The standard InChI is InChI=1S/C25H28F2N2O2/c1-25(31,14-28-11-3-6-19(24(28)30)16-4-2-5-16)15-29-22-9-7-17(26)12-20(22)21-13-18(27)8-10-23(21)29/h7-10,12-13,16,19,31H,2-6,11,14-15H2,1H3. The molecule has 0 spiro atoms. The molecule has 2 aromatic carbocycles. The summed E-state index contributed by atoms with van der Waals surface area (Å²) in [6.07, 6.45) is 5.40. The summed E-state index contributed by atoms with van der Waals surface area (Å²) in [5.41, 5.74) is 0.290. The molecule has 6 heteroatoms. The number of hydrogen-bond donors (Lipinski definition) is 1. The Hall–Kier alpha value is -2.47. The molecule has 1 aliphatic heterocycles. The molecule has 2 heterocycles. The van der Waals surface area contributed by atoms with E-state index in [0.717, 1.165) is 36.7 Å². The zero-order valence-corrected chi connectivity index (χ0v) is 17.8. The lowest BCUT2D eigenvalue weighted by atomic mass is 9.72. The highest BCUT2D eigenvalue weighted by Gasteiger charge is 2.39. The summed E-state index contributed by atoms with van der Waals surface area (Å²) in [6.45, 7) is 2.88. The number of β-amino-alcohol motifs (C(OH)–C–C–N with tert-alkyl or cyclic N) is 1. The number of piperidine rings is 1. The van der Waals surface area contributed by atoms with E-state index in [2.05, 4.69) is 0 Å². The van der Waals surface area contributed by atoms with Crippen LogP contribution in [-0.2, 0) is 11.3 Å². The minimum absolute atomic E-state index is 0.0949. The first-order chi connectivity index (χ1) is 14.8. The predicted molar refractivity (Wildman–Crippen MR) is 117 cm³/mol. The normalized spacial score (nSPS) is 22.1. The number of hydrogen-bond acceptors (Lipinski definition) is 2. The van der Waals surface area contributed by atoms with Crippen molar-refractivity contribution in [2.75, 3.05) is 13.1 Å². The van der Waals surface area contributed by atoms with Crippen LogP contribution in [0.2, 0.25) is 0 Å². The van der Waals surface area contributed by atoms with Crippen molar-refractivity contribution in [3.63, 3.8) is 0 Å². The van der Waals surface area contributed by atoms with Gasteiger partial charge in [-0.25, -0.2) is 8.78 Å². The van der Waals surface area contributed by atoms with E-state index >= 15 is 0 Å². The second-order valence-electron chi connectivity index (χ2n) is 9.61. The van der Waals surface area contributed by atoms with Gasteiger partial charge in [0.05, 0.1) is 18.7 Å². The molecule has 4 nitrogen and oxygen atoms in total. The molecule has 31 heavy (non-hydrogen) atoms. The van der Waals surface area contributed by atoms with Crippen LogP contribution in [-0.4, -0.2) is 39.2 Å². The molecule has 1 N–H and O–H groups in total. The van der Waals surface area contributed by atoms with Crippen LogP contribution in [0, 0.1) is 23.5 Å². The Morgan fingerprint density at radius 2 is 1.58 bits per heavy atom. The maximum atomic E-state index is 13.9. The van der Waals surface area contributed by atoms with Gasteiger partial charge < -0.3 is 14.6 Å². The quantitative estimate of drug-likeness (QED) is 0.633. The van der Waals surface area contributed by atoms with Crippen molar-refractivity contribution in [3.05, 3.63) is 48.0 Å². The van der Waals surface area contributed by atoms with E-state index in [1.807, 2.05) is 9.47 Å². The number of benzene rings is 2. The minimum atomic E-state index is -1.18. The Kier molecular flexibility index (Phi) is 5.00.